The second-order valence-corrected chi connectivity index (χ2v) is 4.40. The van der Waals surface area contributed by atoms with Gasteiger partial charge >= 0.3 is 0 Å². The first-order valence-corrected chi connectivity index (χ1v) is 6.44. The number of thioether (sulfide) groups is 1. The molecule has 1 nitrogen and oxygen atoms in total. The standard InChI is InChI=1S/C14H12FNS/c1-17-13-7-4-11(5-8-13)2-3-12-6-9-14(15)16-10-12/h2-10H,1H3. The molecular weight excluding hydrogens is 233 g/mol. The molecule has 2 aromatic rings. The van der Waals surface area contributed by atoms with E-state index in [1.807, 2.05) is 12.2 Å². The largest absolute Gasteiger partial charge is 0.228 e. The Balaban J connectivity index is 2.11. The van der Waals surface area contributed by atoms with Gasteiger partial charge in [0.05, 0.1) is 0 Å². The quantitative estimate of drug-likeness (QED) is 0.596. The zero-order valence-corrected chi connectivity index (χ0v) is 10.2. The fourth-order valence-electron chi connectivity index (χ4n) is 1.39. The summed E-state index contributed by atoms with van der Waals surface area (Å²) in [6, 6.07) is 11.3. The highest BCUT2D eigenvalue weighted by Gasteiger charge is 1.92. The van der Waals surface area contributed by atoms with Gasteiger partial charge < -0.3 is 0 Å². The maximum absolute atomic E-state index is 12.6. The van der Waals surface area contributed by atoms with Crippen LogP contribution in [0.1, 0.15) is 11.1 Å². The van der Waals surface area contributed by atoms with Gasteiger partial charge in [-0.1, -0.05) is 24.3 Å². The van der Waals surface area contributed by atoms with Crippen LogP contribution in [0.4, 0.5) is 4.39 Å². The maximum Gasteiger partial charge on any atom is 0.212 e. The maximum atomic E-state index is 12.6. The van der Waals surface area contributed by atoms with E-state index in [4.69, 9.17) is 0 Å². The number of halogens is 1. The molecule has 0 unspecified atom stereocenters. The van der Waals surface area contributed by atoms with Crippen molar-refractivity contribution < 1.29 is 4.39 Å². The molecule has 1 heterocycles. The molecule has 0 aliphatic heterocycles. The van der Waals surface area contributed by atoms with E-state index >= 15 is 0 Å². The van der Waals surface area contributed by atoms with Crippen molar-refractivity contribution in [2.45, 2.75) is 4.90 Å². The topological polar surface area (TPSA) is 12.9 Å². The zero-order valence-electron chi connectivity index (χ0n) is 9.43. The molecule has 0 amide bonds. The van der Waals surface area contributed by atoms with Gasteiger partial charge in [0.25, 0.3) is 0 Å². The highest BCUT2D eigenvalue weighted by atomic mass is 32.2. The summed E-state index contributed by atoms with van der Waals surface area (Å²) in [5.74, 6) is -0.452. The van der Waals surface area contributed by atoms with Crippen LogP contribution >= 0.6 is 11.8 Å². The lowest BCUT2D eigenvalue weighted by Crippen LogP contribution is -1.81. The van der Waals surface area contributed by atoms with Crippen molar-refractivity contribution >= 4 is 23.9 Å². The molecule has 0 saturated heterocycles. The van der Waals surface area contributed by atoms with Crippen molar-refractivity contribution in [3.63, 3.8) is 0 Å². The summed E-state index contributed by atoms with van der Waals surface area (Å²) in [4.78, 5) is 4.84. The van der Waals surface area contributed by atoms with E-state index < -0.39 is 5.95 Å². The van der Waals surface area contributed by atoms with Crippen molar-refractivity contribution in [2.24, 2.45) is 0 Å². The first-order valence-electron chi connectivity index (χ1n) is 5.21. The SMILES string of the molecule is CSc1ccc(C=Cc2ccc(F)nc2)cc1. The number of hydrogen-bond acceptors (Lipinski definition) is 2. The summed E-state index contributed by atoms with van der Waals surface area (Å²) < 4.78 is 12.6. The smallest absolute Gasteiger partial charge is 0.212 e. The zero-order chi connectivity index (χ0) is 12.1. The Morgan fingerprint density at radius 3 is 2.24 bits per heavy atom. The Morgan fingerprint density at radius 2 is 1.65 bits per heavy atom. The Labute approximate surface area is 104 Å². The summed E-state index contributed by atoms with van der Waals surface area (Å²) >= 11 is 1.72. The molecule has 0 spiro atoms. The molecule has 0 N–H and O–H groups in total. The van der Waals surface area contributed by atoms with E-state index in [2.05, 4.69) is 35.5 Å². The Hall–Kier alpha value is -1.61. The van der Waals surface area contributed by atoms with Crippen LogP contribution in [0.25, 0.3) is 12.2 Å². The number of pyridine rings is 1. The minimum atomic E-state index is -0.452. The molecule has 2 rings (SSSR count). The lowest BCUT2D eigenvalue weighted by atomic mass is 10.2. The third kappa shape index (κ3) is 3.43. The van der Waals surface area contributed by atoms with Crippen LogP contribution in [0.15, 0.2) is 47.5 Å². The van der Waals surface area contributed by atoms with Crippen LogP contribution in [0.3, 0.4) is 0 Å². The van der Waals surface area contributed by atoms with Gasteiger partial charge in [-0.3, -0.25) is 0 Å². The fourth-order valence-corrected chi connectivity index (χ4v) is 1.80. The van der Waals surface area contributed by atoms with Gasteiger partial charge in [-0.25, -0.2) is 4.98 Å². The van der Waals surface area contributed by atoms with E-state index in [9.17, 15) is 4.39 Å². The van der Waals surface area contributed by atoms with Gasteiger partial charge in [-0.2, -0.15) is 4.39 Å². The van der Waals surface area contributed by atoms with Crippen molar-refractivity contribution in [1.29, 1.82) is 0 Å². The minimum absolute atomic E-state index is 0.452. The molecule has 86 valence electrons. The second kappa shape index (κ2) is 5.64. The molecule has 0 aliphatic carbocycles. The molecule has 0 bridgehead atoms. The summed E-state index contributed by atoms with van der Waals surface area (Å²) in [5, 5.41) is 0. The second-order valence-electron chi connectivity index (χ2n) is 3.52. The number of benzene rings is 1. The van der Waals surface area contributed by atoms with Crippen LogP contribution in [0.2, 0.25) is 0 Å². The first kappa shape index (κ1) is 11.9. The lowest BCUT2D eigenvalue weighted by molar-refractivity contribution is 0.583. The average molecular weight is 245 g/mol. The molecule has 0 fully saturated rings. The summed E-state index contributed by atoms with van der Waals surface area (Å²) in [6.45, 7) is 0. The highest BCUT2D eigenvalue weighted by molar-refractivity contribution is 7.98. The van der Waals surface area contributed by atoms with Crippen molar-refractivity contribution in [3.8, 4) is 0 Å². The molecule has 0 atom stereocenters. The molecular formula is C14H12FNS. The predicted octanol–water partition coefficient (Wildman–Crippen LogP) is 4.11. The first-order chi connectivity index (χ1) is 8.28. The third-order valence-corrected chi connectivity index (χ3v) is 3.08. The molecule has 1 aromatic carbocycles. The van der Waals surface area contributed by atoms with Crippen LogP contribution in [-0.2, 0) is 0 Å². The van der Waals surface area contributed by atoms with Gasteiger partial charge in [0, 0.05) is 11.1 Å². The molecule has 0 aliphatic rings. The minimum Gasteiger partial charge on any atom is -0.228 e. The van der Waals surface area contributed by atoms with Crippen molar-refractivity contribution in [1.82, 2.24) is 4.98 Å². The number of hydrogen-bond donors (Lipinski definition) is 0. The molecule has 17 heavy (non-hydrogen) atoms. The van der Waals surface area contributed by atoms with E-state index in [0.717, 1.165) is 11.1 Å². The fraction of sp³-hybridized carbons (Fsp3) is 0.0714. The molecule has 0 radical (unpaired) electrons. The van der Waals surface area contributed by atoms with Crippen molar-refractivity contribution in [3.05, 3.63) is 59.7 Å². The van der Waals surface area contributed by atoms with E-state index in [1.54, 1.807) is 17.8 Å². The number of nitrogens with zero attached hydrogens (tertiary/aromatic N) is 1. The van der Waals surface area contributed by atoms with E-state index in [-0.39, 0.29) is 0 Å². The molecule has 1 aromatic heterocycles. The van der Waals surface area contributed by atoms with Gasteiger partial charge in [0.1, 0.15) is 0 Å². The highest BCUT2D eigenvalue weighted by Crippen LogP contribution is 2.16. The predicted molar refractivity (Wildman–Crippen MR) is 71.3 cm³/mol. The van der Waals surface area contributed by atoms with Gasteiger partial charge in [0.15, 0.2) is 0 Å². The summed E-state index contributed by atoms with van der Waals surface area (Å²) in [6.07, 6.45) is 7.47. The van der Waals surface area contributed by atoms with Crippen LogP contribution in [-0.4, -0.2) is 11.2 Å². The Kier molecular flexibility index (Phi) is 3.94. The van der Waals surface area contributed by atoms with E-state index in [1.165, 1.54) is 17.2 Å². The Morgan fingerprint density at radius 1 is 1.00 bits per heavy atom. The number of aromatic nitrogens is 1. The lowest BCUT2D eigenvalue weighted by Gasteiger charge is -1.97. The normalized spacial score (nSPS) is 10.9. The monoisotopic (exact) mass is 245 g/mol. The van der Waals surface area contributed by atoms with Crippen LogP contribution in [0, 0.1) is 5.95 Å². The Bertz CT molecular complexity index is 503. The molecule has 3 heteroatoms. The number of rotatable bonds is 3. The summed E-state index contributed by atoms with van der Waals surface area (Å²) in [7, 11) is 0. The van der Waals surface area contributed by atoms with Crippen LogP contribution < -0.4 is 0 Å². The van der Waals surface area contributed by atoms with Gasteiger partial charge in [0.2, 0.25) is 5.95 Å². The van der Waals surface area contributed by atoms with Crippen LogP contribution in [0.5, 0.6) is 0 Å². The van der Waals surface area contributed by atoms with Crippen molar-refractivity contribution in [2.75, 3.05) is 6.26 Å². The van der Waals surface area contributed by atoms with Gasteiger partial charge in [-0.15, -0.1) is 11.8 Å². The average Bonchev–Trinajstić information content (AvgIpc) is 2.39. The summed E-state index contributed by atoms with van der Waals surface area (Å²) in [5.41, 5.74) is 2.01. The van der Waals surface area contributed by atoms with Gasteiger partial charge in [-0.05, 0) is 41.6 Å². The van der Waals surface area contributed by atoms with E-state index in [0.29, 0.717) is 0 Å². The third-order valence-electron chi connectivity index (χ3n) is 2.33. The molecule has 0 saturated carbocycles.